The van der Waals surface area contributed by atoms with Crippen molar-refractivity contribution in [1.82, 2.24) is 14.8 Å². The first-order valence-electron chi connectivity index (χ1n) is 9.97. The molecule has 1 aromatic carbocycles. The number of carboxylic acids is 2. The van der Waals surface area contributed by atoms with Crippen LogP contribution in [0.2, 0.25) is 0 Å². The minimum Gasteiger partial charge on any atom is -0.493 e. The number of carbonyl (C=O) groups is 2. The van der Waals surface area contributed by atoms with Gasteiger partial charge in [0, 0.05) is 57.2 Å². The van der Waals surface area contributed by atoms with E-state index in [0.717, 1.165) is 50.6 Å². The molecule has 0 spiro atoms. The van der Waals surface area contributed by atoms with Crippen molar-refractivity contribution in [3.63, 3.8) is 0 Å². The van der Waals surface area contributed by atoms with Gasteiger partial charge in [0.05, 0.1) is 21.3 Å². The summed E-state index contributed by atoms with van der Waals surface area (Å²) in [4.78, 5) is 27.2. The van der Waals surface area contributed by atoms with Gasteiger partial charge in [0.25, 0.3) is 0 Å². The van der Waals surface area contributed by atoms with Gasteiger partial charge >= 0.3 is 11.9 Å². The van der Waals surface area contributed by atoms with Gasteiger partial charge in [0.2, 0.25) is 5.75 Å². The first-order valence-corrected chi connectivity index (χ1v) is 9.97. The molecule has 0 bridgehead atoms. The maximum atomic E-state index is 9.10. The van der Waals surface area contributed by atoms with Gasteiger partial charge in [0.1, 0.15) is 0 Å². The van der Waals surface area contributed by atoms with E-state index in [1.165, 1.54) is 5.56 Å². The Bertz CT molecular complexity index is 873. The predicted octanol–water partition coefficient (Wildman–Crippen LogP) is 1.58. The molecular formula is C22H29N3O7. The van der Waals surface area contributed by atoms with E-state index in [9.17, 15) is 0 Å². The third-order valence-electron chi connectivity index (χ3n) is 4.98. The first kappa shape index (κ1) is 24.9. The van der Waals surface area contributed by atoms with Crippen molar-refractivity contribution in [2.45, 2.75) is 13.1 Å². The number of hydrogen-bond acceptors (Lipinski definition) is 8. The number of aromatic nitrogens is 1. The maximum absolute atomic E-state index is 9.10. The number of piperazine rings is 1. The third kappa shape index (κ3) is 7.10. The summed E-state index contributed by atoms with van der Waals surface area (Å²) in [6.07, 6.45) is 3.71. The number of aliphatic carboxylic acids is 2. The van der Waals surface area contributed by atoms with Crippen LogP contribution in [-0.2, 0) is 22.7 Å². The fourth-order valence-electron chi connectivity index (χ4n) is 3.38. The molecular weight excluding hydrogens is 418 g/mol. The van der Waals surface area contributed by atoms with E-state index in [4.69, 9.17) is 34.0 Å². The highest BCUT2D eigenvalue weighted by atomic mass is 16.5. The summed E-state index contributed by atoms with van der Waals surface area (Å²) < 4.78 is 16.5. The van der Waals surface area contributed by atoms with Gasteiger partial charge in [-0.15, -0.1) is 0 Å². The highest BCUT2D eigenvalue weighted by Crippen LogP contribution is 2.40. The van der Waals surface area contributed by atoms with Crippen molar-refractivity contribution in [1.29, 1.82) is 0 Å². The average molecular weight is 447 g/mol. The fourth-order valence-corrected chi connectivity index (χ4v) is 3.38. The SMILES string of the molecule is COc1ccc(CN2CCN(Cc3ccncc3)CC2)c(OC)c1OC.O=C(O)C(=O)O. The Balaban J connectivity index is 0.000000534. The van der Waals surface area contributed by atoms with E-state index in [1.807, 2.05) is 18.5 Å². The molecule has 1 aliphatic rings. The lowest BCUT2D eigenvalue weighted by atomic mass is 10.1. The zero-order valence-electron chi connectivity index (χ0n) is 18.5. The number of rotatable bonds is 7. The summed E-state index contributed by atoms with van der Waals surface area (Å²) in [5.74, 6) is -1.55. The van der Waals surface area contributed by atoms with Gasteiger partial charge in [-0.2, -0.15) is 0 Å². The van der Waals surface area contributed by atoms with Crippen molar-refractivity contribution in [3.05, 3.63) is 47.8 Å². The Morgan fingerprint density at radius 1 is 0.812 bits per heavy atom. The number of ether oxygens (including phenoxy) is 3. The Labute approximate surface area is 186 Å². The van der Waals surface area contributed by atoms with Gasteiger partial charge in [-0.3, -0.25) is 14.8 Å². The molecule has 10 nitrogen and oxygen atoms in total. The lowest BCUT2D eigenvalue weighted by molar-refractivity contribution is -0.159. The van der Waals surface area contributed by atoms with Crippen molar-refractivity contribution >= 4 is 11.9 Å². The van der Waals surface area contributed by atoms with Crippen LogP contribution in [0.15, 0.2) is 36.7 Å². The van der Waals surface area contributed by atoms with Crippen LogP contribution in [0.5, 0.6) is 17.2 Å². The van der Waals surface area contributed by atoms with Gasteiger partial charge in [-0.25, -0.2) is 9.59 Å². The normalized spacial score (nSPS) is 14.1. The highest BCUT2D eigenvalue weighted by molar-refractivity contribution is 6.27. The molecule has 0 radical (unpaired) electrons. The van der Waals surface area contributed by atoms with E-state index in [-0.39, 0.29) is 0 Å². The minimum atomic E-state index is -1.82. The molecule has 10 heteroatoms. The number of pyridine rings is 1. The number of carboxylic acid groups (broad SMARTS) is 2. The molecule has 1 fully saturated rings. The van der Waals surface area contributed by atoms with Crippen LogP contribution in [0.3, 0.4) is 0 Å². The average Bonchev–Trinajstić information content (AvgIpc) is 2.81. The van der Waals surface area contributed by atoms with E-state index >= 15 is 0 Å². The molecule has 2 N–H and O–H groups in total. The standard InChI is InChI=1S/C20H27N3O3.C2H2O4/c1-24-18-5-4-17(19(25-2)20(18)26-3)15-23-12-10-22(11-13-23)14-16-6-8-21-9-7-16;3-1(4)2(5)6/h4-9H,10-15H2,1-3H3;(H,3,4)(H,5,6). The first-order chi connectivity index (χ1) is 15.4. The maximum Gasteiger partial charge on any atom is 0.414 e. The second-order valence-electron chi connectivity index (χ2n) is 7.01. The molecule has 3 rings (SSSR count). The molecule has 0 aliphatic carbocycles. The van der Waals surface area contributed by atoms with Crippen LogP contribution in [0.25, 0.3) is 0 Å². The molecule has 1 saturated heterocycles. The van der Waals surface area contributed by atoms with Crippen molar-refractivity contribution in [3.8, 4) is 17.2 Å². The molecule has 174 valence electrons. The molecule has 0 unspecified atom stereocenters. The number of benzene rings is 1. The molecule has 2 aromatic rings. The smallest absolute Gasteiger partial charge is 0.414 e. The Morgan fingerprint density at radius 3 is 1.81 bits per heavy atom. The lowest BCUT2D eigenvalue weighted by Gasteiger charge is -2.35. The Morgan fingerprint density at radius 2 is 1.34 bits per heavy atom. The molecule has 1 aromatic heterocycles. The summed E-state index contributed by atoms with van der Waals surface area (Å²) in [5, 5.41) is 14.8. The summed E-state index contributed by atoms with van der Waals surface area (Å²) in [7, 11) is 4.95. The van der Waals surface area contributed by atoms with Crippen molar-refractivity contribution in [2.75, 3.05) is 47.5 Å². The van der Waals surface area contributed by atoms with E-state index < -0.39 is 11.9 Å². The predicted molar refractivity (Wildman–Crippen MR) is 116 cm³/mol. The largest absolute Gasteiger partial charge is 0.493 e. The highest BCUT2D eigenvalue weighted by Gasteiger charge is 2.21. The number of methoxy groups -OCH3 is 3. The van der Waals surface area contributed by atoms with Gasteiger partial charge in [-0.05, 0) is 23.8 Å². The number of hydrogen-bond donors (Lipinski definition) is 2. The van der Waals surface area contributed by atoms with Crippen LogP contribution < -0.4 is 14.2 Å². The summed E-state index contributed by atoms with van der Waals surface area (Å²) >= 11 is 0. The molecule has 0 saturated carbocycles. The quantitative estimate of drug-likeness (QED) is 0.605. The summed E-state index contributed by atoms with van der Waals surface area (Å²) in [6.45, 7) is 5.99. The van der Waals surface area contributed by atoms with Gasteiger partial charge < -0.3 is 24.4 Å². The van der Waals surface area contributed by atoms with E-state index in [1.54, 1.807) is 21.3 Å². The van der Waals surface area contributed by atoms with Gasteiger partial charge in [0.15, 0.2) is 11.5 Å². The van der Waals surface area contributed by atoms with Crippen LogP contribution >= 0.6 is 0 Å². The molecule has 32 heavy (non-hydrogen) atoms. The summed E-state index contributed by atoms with van der Waals surface area (Å²) in [5.41, 5.74) is 2.43. The zero-order valence-corrected chi connectivity index (χ0v) is 18.5. The molecule has 1 aliphatic heterocycles. The minimum absolute atomic E-state index is 0.656. The fraction of sp³-hybridized carbons (Fsp3) is 0.409. The molecule has 0 amide bonds. The van der Waals surface area contributed by atoms with E-state index in [0.29, 0.717) is 11.5 Å². The van der Waals surface area contributed by atoms with Gasteiger partial charge in [-0.1, -0.05) is 6.07 Å². The monoisotopic (exact) mass is 447 g/mol. The second-order valence-corrected chi connectivity index (χ2v) is 7.01. The second kappa shape index (κ2) is 12.5. The Kier molecular flexibility index (Phi) is 9.71. The van der Waals surface area contributed by atoms with Crippen molar-refractivity contribution in [2.24, 2.45) is 0 Å². The third-order valence-corrected chi connectivity index (χ3v) is 4.98. The van der Waals surface area contributed by atoms with Crippen LogP contribution in [0, 0.1) is 0 Å². The van der Waals surface area contributed by atoms with Crippen LogP contribution in [-0.4, -0.2) is 84.4 Å². The van der Waals surface area contributed by atoms with E-state index in [2.05, 4.69) is 33.0 Å². The number of nitrogens with zero attached hydrogens (tertiary/aromatic N) is 3. The van der Waals surface area contributed by atoms with Crippen molar-refractivity contribution < 1.29 is 34.0 Å². The lowest BCUT2D eigenvalue weighted by Crippen LogP contribution is -2.45. The van der Waals surface area contributed by atoms with Crippen LogP contribution in [0.4, 0.5) is 0 Å². The molecule has 0 atom stereocenters. The Hall–Kier alpha value is -3.37. The van der Waals surface area contributed by atoms with Crippen LogP contribution in [0.1, 0.15) is 11.1 Å². The summed E-state index contributed by atoms with van der Waals surface area (Å²) in [6, 6.07) is 8.17. The molecule has 2 heterocycles. The zero-order chi connectivity index (χ0) is 23.5. The topological polar surface area (TPSA) is 122 Å².